The highest BCUT2D eigenvalue weighted by molar-refractivity contribution is 9.09. The third-order valence-corrected chi connectivity index (χ3v) is 1.23. The van der Waals surface area contributed by atoms with E-state index >= 15 is 0 Å². The zero-order valence-electron chi connectivity index (χ0n) is 4.36. The van der Waals surface area contributed by atoms with Gasteiger partial charge in [0.25, 0.3) is 0 Å². The van der Waals surface area contributed by atoms with Gasteiger partial charge in [-0.15, -0.1) is 6.58 Å². The molecule has 0 aliphatic carbocycles. The van der Waals surface area contributed by atoms with Gasteiger partial charge >= 0.3 is 0 Å². The fourth-order valence-electron chi connectivity index (χ4n) is 0.313. The van der Waals surface area contributed by atoms with E-state index in [0.717, 1.165) is 11.8 Å². The second kappa shape index (κ2) is 6.22. The number of allylic oxidation sites excluding steroid dienone is 1. The first-order valence-corrected chi connectivity index (χ1v) is 3.54. The van der Waals surface area contributed by atoms with Crippen LogP contribution in [0, 0.1) is 6.42 Å². The molecule has 0 rings (SSSR count). The van der Waals surface area contributed by atoms with Crippen LogP contribution in [-0.4, -0.2) is 5.33 Å². The Morgan fingerprint density at radius 3 is 2.71 bits per heavy atom. The van der Waals surface area contributed by atoms with E-state index in [-0.39, 0.29) is 0 Å². The standard InChI is InChI=1S/C6H10Br/c1-2-3-4-5-6-7/h2-3H,1,4-6H2. The Labute approximate surface area is 53.7 Å². The smallest absolute Gasteiger partial charge is 0.00315 e. The summed E-state index contributed by atoms with van der Waals surface area (Å²) < 4.78 is 0. The van der Waals surface area contributed by atoms with Crippen LogP contribution in [0.15, 0.2) is 12.7 Å². The van der Waals surface area contributed by atoms with Crippen LogP contribution in [0.2, 0.25) is 0 Å². The molecular weight excluding hydrogens is 152 g/mol. The Morgan fingerprint density at radius 2 is 2.29 bits per heavy atom. The van der Waals surface area contributed by atoms with Crippen LogP contribution in [0.1, 0.15) is 12.8 Å². The van der Waals surface area contributed by atoms with Gasteiger partial charge in [0.15, 0.2) is 0 Å². The lowest BCUT2D eigenvalue weighted by Gasteiger charge is -1.86. The van der Waals surface area contributed by atoms with Gasteiger partial charge < -0.3 is 0 Å². The summed E-state index contributed by atoms with van der Waals surface area (Å²) in [5.41, 5.74) is 0. The summed E-state index contributed by atoms with van der Waals surface area (Å²) in [7, 11) is 0. The monoisotopic (exact) mass is 161 g/mol. The molecule has 0 aromatic heterocycles. The number of alkyl halides is 1. The molecule has 1 radical (unpaired) electrons. The summed E-state index contributed by atoms with van der Waals surface area (Å²) >= 11 is 3.33. The van der Waals surface area contributed by atoms with Crippen molar-refractivity contribution in [1.82, 2.24) is 0 Å². The van der Waals surface area contributed by atoms with E-state index < -0.39 is 0 Å². The Balaban J connectivity index is 2.56. The number of halogens is 1. The number of unbranched alkanes of at least 4 members (excludes halogenated alkanes) is 2. The SMILES string of the molecule is C=C[CH]CCCBr. The van der Waals surface area contributed by atoms with Crippen molar-refractivity contribution in [1.29, 1.82) is 0 Å². The van der Waals surface area contributed by atoms with E-state index in [9.17, 15) is 0 Å². The third kappa shape index (κ3) is 6.22. The summed E-state index contributed by atoms with van der Waals surface area (Å²) in [6.45, 7) is 3.56. The topological polar surface area (TPSA) is 0 Å². The predicted molar refractivity (Wildman–Crippen MR) is 37.5 cm³/mol. The van der Waals surface area contributed by atoms with Crippen molar-refractivity contribution >= 4 is 15.9 Å². The van der Waals surface area contributed by atoms with E-state index in [1.807, 2.05) is 6.08 Å². The molecule has 0 amide bonds. The molecule has 0 heterocycles. The molecule has 0 aliphatic heterocycles. The third-order valence-electron chi connectivity index (χ3n) is 0.671. The summed E-state index contributed by atoms with van der Waals surface area (Å²) in [5.74, 6) is 0. The normalized spacial score (nSPS) is 8.71. The highest BCUT2D eigenvalue weighted by Gasteiger charge is 1.79. The van der Waals surface area contributed by atoms with Crippen LogP contribution in [0.25, 0.3) is 0 Å². The maximum absolute atomic E-state index is 3.56. The minimum atomic E-state index is 1.09. The van der Waals surface area contributed by atoms with Gasteiger partial charge in [-0.3, -0.25) is 0 Å². The summed E-state index contributed by atoms with van der Waals surface area (Å²) in [4.78, 5) is 0. The minimum absolute atomic E-state index is 1.09. The van der Waals surface area contributed by atoms with Gasteiger partial charge in [0.2, 0.25) is 0 Å². The summed E-state index contributed by atoms with van der Waals surface area (Å²) in [6.07, 6.45) is 6.27. The van der Waals surface area contributed by atoms with Gasteiger partial charge in [-0.1, -0.05) is 22.0 Å². The van der Waals surface area contributed by atoms with Crippen LogP contribution in [0.4, 0.5) is 0 Å². The van der Waals surface area contributed by atoms with Gasteiger partial charge in [0, 0.05) is 5.33 Å². The first-order valence-electron chi connectivity index (χ1n) is 2.42. The van der Waals surface area contributed by atoms with Gasteiger partial charge in [-0.25, -0.2) is 0 Å². The fraction of sp³-hybridized carbons (Fsp3) is 0.500. The van der Waals surface area contributed by atoms with Crippen molar-refractivity contribution in [2.45, 2.75) is 12.8 Å². The van der Waals surface area contributed by atoms with Gasteiger partial charge in [0.1, 0.15) is 0 Å². The molecule has 0 aromatic carbocycles. The highest BCUT2D eigenvalue weighted by Crippen LogP contribution is 1.96. The van der Waals surface area contributed by atoms with Crippen molar-refractivity contribution < 1.29 is 0 Å². The second-order valence-corrected chi connectivity index (χ2v) is 2.10. The van der Waals surface area contributed by atoms with E-state index in [1.165, 1.54) is 6.42 Å². The van der Waals surface area contributed by atoms with Crippen molar-refractivity contribution in [3.05, 3.63) is 19.1 Å². The molecule has 0 atom stereocenters. The molecule has 0 nitrogen and oxygen atoms in total. The van der Waals surface area contributed by atoms with Crippen molar-refractivity contribution in [2.24, 2.45) is 0 Å². The molecule has 0 spiro atoms. The number of hydrogen-bond acceptors (Lipinski definition) is 0. The molecule has 0 aliphatic rings. The average Bonchev–Trinajstić information content (AvgIpc) is 1.69. The second-order valence-electron chi connectivity index (χ2n) is 1.30. The lowest BCUT2D eigenvalue weighted by molar-refractivity contribution is 0.941. The lowest BCUT2D eigenvalue weighted by Crippen LogP contribution is -1.72. The van der Waals surface area contributed by atoms with Gasteiger partial charge in [-0.05, 0) is 19.3 Å². The summed E-state index contributed by atoms with van der Waals surface area (Å²) in [5, 5.41) is 1.09. The molecule has 7 heavy (non-hydrogen) atoms. The van der Waals surface area contributed by atoms with E-state index in [1.54, 1.807) is 0 Å². The van der Waals surface area contributed by atoms with Crippen LogP contribution >= 0.6 is 15.9 Å². The molecule has 0 fully saturated rings. The summed E-state index contributed by atoms with van der Waals surface area (Å²) in [6, 6.07) is 0. The van der Waals surface area contributed by atoms with E-state index in [4.69, 9.17) is 0 Å². The largest absolute Gasteiger partial charge is 0.103 e. The first-order chi connectivity index (χ1) is 3.41. The molecule has 1 heteroatoms. The van der Waals surface area contributed by atoms with Crippen LogP contribution < -0.4 is 0 Å². The Morgan fingerprint density at radius 1 is 1.57 bits per heavy atom. The number of rotatable bonds is 4. The molecule has 0 saturated carbocycles. The first kappa shape index (κ1) is 7.22. The van der Waals surface area contributed by atoms with Crippen LogP contribution in [-0.2, 0) is 0 Å². The van der Waals surface area contributed by atoms with E-state index in [0.29, 0.717) is 0 Å². The van der Waals surface area contributed by atoms with Gasteiger partial charge in [-0.2, -0.15) is 0 Å². The maximum atomic E-state index is 3.56. The van der Waals surface area contributed by atoms with E-state index in [2.05, 4.69) is 28.9 Å². The molecule has 0 N–H and O–H groups in total. The van der Waals surface area contributed by atoms with Crippen molar-refractivity contribution in [3.63, 3.8) is 0 Å². The fourth-order valence-corrected chi connectivity index (χ4v) is 0.637. The highest BCUT2D eigenvalue weighted by atomic mass is 79.9. The van der Waals surface area contributed by atoms with Crippen molar-refractivity contribution in [2.75, 3.05) is 5.33 Å². The zero-order valence-corrected chi connectivity index (χ0v) is 5.95. The predicted octanol–water partition coefficient (Wildman–Crippen LogP) is 2.55. The Hall–Kier alpha value is 0.220. The quantitative estimate of drug-likeness (QED) is 0.440. The molecule has 0 unspecified atom stereocenters. The van der Waals surface area contributed by atoms with Crippen LogP contribution in [0.5, 0.6) is 0 Å². The average molecular weight is 162 g/mol. The minimum Gasteiger partial charge on any atom is -0.103 e. The Kier molecular flexibility index (Phi) is 6.42. The molecule has 0 saturated heterocycles. The molecule has 0 bridgehead atoms. The van der Waals surface area contributed by atoms with Crippen molar-refractivity contribution in [3.8, 4) is 0 Å². The Bertz CT molecular complexity index is 41.4. The molecule has 41 valence electrons. The van der Waals surface area contributed by atoms with Gasteiger partial charge in [0.05, 0.1) is 0 Å². The lowest BCUT2D eigenvalue weighted by atomic mass is 10.2. The molecular formula is C6H10Br. The number of hydrogen-bond donors (Lipinski definition) is 0. The maximum Gasteiger partial charge on any atom is 0.00315 e. The molecule has 0 aromatic rings. The zero-order chi connectivity index (χ0) is 5.54. The van der Waals surface area contributed by atoms with Crippen LogP contribution in [0.3, 0.4) is 0 Å².